The number of nitrogens with one attached hydrogen (secondary N) is 1. The molecule has 5 nitrogen and oxygen atoms in total. The van der Waals surface area contributed by atoms with Crippen LogP contribution in [0.25, 0.3) is 10.9 Å². The Kier molecular flexibility index (Phi) is 4.52. The molecule has 0 aliphatic carbocycles. The highest BCUT2D eigenvalue weighted by Gasteiger charge is 2.16. The molecule has 0 aliphatic heterocycles. The minimum atomic E-state index is -0.417. The number of fused-ring (bicyclic) bond motifs is 1. The highest BCUT2D eigenvalue weighted by Crippen LogP contribution is 2.10. The van der Waals surface area contributed by atoms with Crippen LogP contribution in [0.5, 0.6) is 0 Å². The Morgan fingerprint density at radius 3 is 2.83 bits per heavy atom. The van der Waals surface area contributed by atoms with Gasteiger partial charge in [-0.3, -0.25) is 14.3 Å². The summed E-state index contributed by atoms with van der Waals surface area (Å²) in [6.45, 7) is 3.01. The summed E-state index contributed by atoms with van der Waals surface area (Å²) < 4.78 is 1.69. The van der Waals surface area contributed by atoms with Crippen LogP contribution in [0.4, 0.5) is 0 Å². The van der Waals surface area contributed by atoms with Crippen molar-refractivity contribution in [3.63, 3.8) is 0 Å². The van der Waals surface area contributed by atoms with E-state index in [0.29, 0.717) is 18.5 Å². The first-order chi connectivity index (χ1) is 11.2. The van der Waals surface area contributed by atoms with Crippen LogP contribution in [0.2, 0.25) is 0 Å². The average molecular weight is 327 g/mol. The highest BCUT2D eigenvalue weighted by molar-refractivity contribution is 7.09. The Balaban J connectivity index is 1.85. The van der Waals surface area contributed by atoms with Crippen molar-refractivity contribution in [2.75, 3.05) is 6.54 Å². The smallest absolute Gasteiger partial charge is 0.275 e. The van der Waals surface area contributed by atoms with E-state index in [2.05, 4.69) is 10.4 Å². The van der Waals surface area contributed by atoms with E-state index in [1.54, 1.807) is 28.2 Å². The van der Waals surface area contributed by atoms with Crippen LogP contribution in [0.15, 0.2) is 46.6 Å². The number of carbonyl (C=O) groups is 1. The molecule has 0 bridgehead atoms. The molecule has 6 heteroatoms. The van der Waals surface area contributed by atoms with Crippen LogP contribution in [0, 0.1) is 0 Å². The number of benzene rings is 1. The number of amides is 1. The van der Waals surface area contributed by atoms with Crippen molar-refractivity contribution in [1.82, 2.24) is 15.1 Å². The fourth-order valence-corrected chi connectivity index (χ4v) is 3.17. The van der Waals surface area contributed by atoms with Crippen molar-refractivity contribution in [3.05, 3.63) is 62.6 Å². The van der Waals surface area contributed by atoms with Gasteiger partial charge in [-0.25, -0.2) is 0 Å². The van der Waals surface area contributed by atoms with Crippen molar-refractivity contribution in [2.45, 2.75) is 19.9 Å². The SMILES string of the molecule is CCn1nc(C(=O)NCCc2cccs2)c(=O)c2ccccc21. The second-order valence-corrected chi connectivity index (χ2v) is 6.13. The fraction of sp³-hybridized carbons (Fsp3) is 0.235. The van der Waals surface area contributed by atoms with Crippen LogP contribution in [-0.4, -0.2) is 22.2 Å². The lowest BCUT2D eigenvalue weighted by molar-refractivity contribution is 0.0946. The van der Waals surface area contributed by atoms with Crippen LogP contribution in [0.3, 0.4) is 0 Å². The van der Waals surface area contributed by atoms with E-state index in [1.165, 1.54) is 4.88 Å². The quantitative estimate of drug-likeness (QED) is 0.783. The van der Waals surface area contributed by atoms with E-state index in [1.807, 2.05) is 36.6 Å². The zero-order valence-electron chi connectivity index (χ0n) is 12.8. The standard InChI is InChI=1S/C17H17N3O2S/c1-2-20-14-8-4-3-7-13(14)16(21)15(19-20)17(22)18-10-9-12-6-5-11-23-12/h3-8,11H,2,9-10H2,1H3,(H,18,22). The van der Waals surface area contributed by atoms with Crippen molar-refractivity contribution < 1.29 is 4.79 Å². The summed E-state index contributed by atoms with van der Waals surface area (Å²) in [5.41, 5.74) is 0.380. The minimum Gasteiger partial charge on any atom is -0.350 e. The molecule has 0 unspecified atom stereocenters. The molecule has 1 aromatic carbocycles. The Morgan fingerprint density at radius 1 is 1.26 bits per heavy atom. The van der Waals surface area contributed by atoms with Crippen LogP contribution >= 0.6 is 11.3 Å². The summed E-state index contributed by atoms with van der Waals surface area (Å²) in [6.07, 6.45) is 0.749. The maximum Gasteiger partial charge on any atom is 0.275 e. The van der Waals surface area contributed by atoms with Gasteiger partial charge in [-0.05, 0) is 36.9 Å². The molecule has 23 heavy (non-hydrogen) atoms. The fourth-order valence-electron chi connectivity index (χ4n) is 2.47. The van der Waals surface area contributed by atoms with Gasteiger partial charge in [0.2, 0.25) is 5.43 Å². The summed E-state index contributed by atoms with van der Waals surface area (Å²) in [5.74, 6) is -0.417. The van der Waals surface area contributed by atoms with Crippen molar-refractivity contribution in [1.29, 1.82) is 0 Å². The highest BCUT2D eigenvalue weighted by atomic mass is 32.1. The summed E-state index contributed by atoms with van der Waals surface area (Å²) in [7, 11) is 0. The Labute approximate surface area is 137 Å². The van der Waals surface area contributed by atoms with Crippen molar-refractivity contribution in [3.8, 4) is 0 Å². The first-order valence-electron chi connectivity index (χ1n) is 7.51. The lowest BCUT2D eigenvalue weighted by Crippen LogP contribution is -2.33. The first kappa shape index (κ1) is 15.4. The second kappa shape index (κ2) is 6.75. The van der Waals surface area contributed by atoms with E-state index in [0.717, 1.165) is 11.9 Å². The molecule has 0 atom stereocenters. The number of para-hydroxylation sites is 1. The van der Waals surface area contributed by atoms with Crippen molar-refractivity contribution >= 4 is 28.1 Å². The average Bonchev–Trinajstić information content (AvgIpc) is 3.09. The van der Waals surface area contributed by atoms with Gasteiger partial charge < -0.3 is 5.32 Å². The molecule has 0 fully saturated rings. The topological polar surface area (TPSA) is 64.0 Å². The normalized spacial score (nSPS) is 10.8. The predicted molar refractivity (Wildman–Crippen MR) is 92.0 cm³/mol. The number of rotatable bonds is 5. The van der Waals surface area contributed by atoms with Gasteiger partial charge in [-0.2, -0.15) is 5.10 Å². The zero-order chi connectivity index (χ0) is 16.2. The van der Waals surface area contributed by atoms with Gasteiger partial charge in [0.1, 0.15) is 0 Å². The van der Waals surface area contributed by atoms with Crippen LogP contribution in [-0.2, 0) is 13.0 Å². The molecule has 1 N–H and O–H groups in total. The number of nitrogens with zero attached hydrogens (tertiary/aromatic N) is 2. The van der Waals surface area contributed by atoms with Crippen LogP contribution in [0.1, 0.15) is 22.3 Å². The van der Waals surface area contributed by atoms with E-state index in [9.17, 15) is 9.59 Å². The molecule has 0 saturated carbocycles. The number of aromatic nitrogens is 2. The molecule has 2 heterocycles. The third kappa shape index (κ3) is 3.17. The van der Waals surface area contributed by atoms with Gasteiger partial charge in [-0.1, -0.05) is 18.2 Å². The minimum absolute atomic E-state index is 0.0447. The molecule has 3 rings (SSSR count). The van der Waals surface area contributed by atoms with Gasteiger partial charge >= 0.3 is 0 Å². The molecule has 0 spiro atoms. The maximum absolute atomic E-state index is 12.5. The molecular formula is C17H17N3O2S. The van der Waals surface area contributed by atoms with E-state index in [-0.39, 0.29) is 11.1 Å². The number of thiophene rings is 1. The van der Waals surface area contributed by atoms with Gasteiger partial charge in [0.25, 0.3) is 5.91 Å². The van der Waals surface area contributed by atoms with Crippen molar-refractivity contribution in [2.24, 2.45) is 0 Å². The van der Waals surface area contributed by atoms with Gasteiger partial charge in [0.15, 0.2) is 5.69 Å². The third-order valence-corrected chi connectivity index (χ3v) is 4.55. The number of hydrogen-bond acceptors (Lipinski definition) is 4. The molecule has 118 valence electrons. The maximum atomic E-state index is 12.5. The Hall–Kier alpha value is -2.47. The summed E-state index contributed by atoms with van der Waals surface area (Å²) >= 11 is 1.65. The molecule has 1 amide bonds. The van der Waals surface area contributed by atoms with Gasteiger partial charge in [-0.15, -0.1) is 11.3 Å². The largest absolute Gasteiger partial charge is 0.350 e. The summed E-state index contributed by atoms with van der Waals surface area (Å²) in [4.78, 5) is 26.0. The third-order valence-electron chi connectivity index (χ3n) is 3.61. The zero-order valence-corrected chi connectivity index (χ0v) is 13.6. The van der Waals surface area contributed by atoms with Gasteiger partial charge in [0.05, 0.1) is 5.52 Å². The summed E-state index contributed by atoms with van der Waals surface area (Å²) in [5, 5.41) is 9.54. The lowest BCUT2D eigenvalue weighted by atomic mass is 10.2. The number of aryl methyl sites for hydroxylation is 1. The molecule has 0 aliphatic rings. The molecule has 0 saturated heterocycles. The molecule has 3 aromatic rings. The van der Waals surface area contributed by atoms with Crippen LogP contribution < -0.4 is 10.7 Å². The van der Waals surface area contributed by atoms with E-state index < -0.39 is 5.91 Å². The van der Waals surface area contributed by atoms with E-state index >= 15 is 0 Å². The first-order valence-corrected chi connectivity index (χ1v) is 8.39. The Morgan fingerprint density at radius 2 is 2.09 bits per heavy atom. The van der Waals surface area contributed by atoms with E-state index in [4.69, 9.17) is 0 Å². The second-order valence-electron chi connectivity index (χ2n) is 5.10. The molecule has 0 radical (unpaired) electrons. The van der Waals surface area contributed by atoms with Gasteiger partial charge in [0, 0.05) is 23.4 Å². The monoisotopic (exact) mass is 327 g/mol. The lowest BCUT2D eigenvalue weighted by Gasteiger charge is -2.10. The Bertz CT molecular complexity index is 884. The molecular weight excluding hydrogens is 310 g/mol. The number of hydrogen-bond donors (Lipinski definition) is 1. The molecule has 2 aromatic heterocycles. The predicted octanol–water partition coefficient (Wildman–Crippen LogP) is 2.45. The summed E-state index contributed by atoms with van der Waals surface area (Å²) in [6, 6.07) is 11.2. The number of carbonyl (C=O) groups excluding carboxylic acids is 1.